The molecule has 21 heavy (non-hydrogen) atoms. The van der Waals surface area contributed by atoms with Crippen molar-refractivity contribution in [2.24, 2.45) is 0 Å². The summed E-state index contributed by atoms with van der Waals surface area (Å²) >= 11 is 3.43. The van der Waals surface area contributed by atoms with Crippen molar-refractivity contribution in [1.29, 1.82) is 0 Å². The fourth-order valence-corrected chi connectivity index (χ4v) is 2.91. The van der Waals surface area contributed by atoms with Crippen molar-refractivity contribution in [3.63, 3.8) is 0 Å². The molecular formula is C15H22BrCl2FN2. The molecule has 1 aromatic rings. The first-order valence-corrected chi connectivity index (χ1v) is 7.41. The van der Waals surface area contributed by atoms with Gasteiger partial charge in [0.25, 0.3) is 0 Å². The molecule has 2 rings (SSSR count). The Morgan fingerprint density at radius 2 is 2.00 bits per heavy atom. The van der Waals surface area contributed by atoms with Crippen molar-refractivity contribution >= 4 is 40.7 Å². The second-order valence-corrected chi connectivity index (χ2v) is 6.04. The second-order valence-electron chi connectivity index (χ2n) is 5.13. The van der Waals surface area contributed by atoms with Crippen LogP contribution in [0.5, 0.6) is 0 Å². The molecule has 0 saturated carbocycles. The Kier molecular flexibility index (Phi) is 9.74. The molecule has 1 N–H and O–H groups in total. The van der Waals surface area contributed by atoms with E-state index >= 15 is 0 Å². The fourth-order valence-electron chi connectivity index (χ4n) is 2.53. The first-order chi connectivity index (χ1) is 9.08. The van der Waals surface area contributed by atoms with Crippen molar-refractivity contribution in [3.05, 3.63) is 46.2 Å². The van der Waals surface area contributed by atoms with E-state index in [0.717, 1.165) is 48.2 Å². The first-order valence-electron chi connectivity index (χ1n) is 6.62. The molecule has 0 aromatic heterocycles. The van der Waals surface area contributed by atoms with Crippen LogP contribution in [0.2, 0.25) is 0 Å². The van der Waals surface area contributed by atoms with Gasteiger partial charge in [0.2, 0.25) is 0 Å². The Morgan fingerprint density at radius 3 is 2.57 bits per heavy atom. The van der Waals surface area contributed by atoms with Gasteiger partial charge in [-0.3, -0.25) is 4.90 Å². The zero-order chi connectivity index (χ0) is 13.8. The van der Waals surface area contributed by atoms with Gasteiger partial charge in [-0.25, -0.2) is 4.39 Å². The van der Waals surface area contributed by atoms with Gasteiger partial charge in [0.1, 0.15) is 5.82 Å². The van der Waals surface area contributed by atoms with Crippen molar-refractivity contribution in [3.8, 4) is 0 Å². The Morgan fingerprint density at radius 1 is 1.38 bits per heavy atom. The molecule has 1 atom stereocenters. The molecule has 0 radical (unpaired) electrons. The smallest absolute Gasteiger partial charge is 0.128 e. The molecule has 0 amide bonds. The van der Waals surface area contributed by atoms with E-state index in [1.54, 1.807) is 6.07 Å². The number of piperazine rings is 1. The zero-order valence-corrected chi connectivity index (χ0v) is 15.3. The average molecular weight is 400 g/mol. The van der Waals surface area contributed by atoms with Crippen molar-refractivity contribution in [2.45, 2.75) is 19.4 Å². The lowest BCUT2D eigenvalue weighted by Crippen LogP contribution is -2.45. The van der Waals surface area contributed by atoms with Gasteiger partial charge in [0, 0.05) is 42.3 Å². The van der Waals surface area contributed by atoms with E-state index in [1.807, 2.05) is 13.0 Å². The van der Waals surface area contributed by atoms with Crippen LogP contribution in [0.3, 0.4) is 0 Å². The summed E-state index contributed by atoms with van der Waals surface area (Å²) in [6.45, 7) is 9.81. The van der Waals surface area contributed by atoms with Crippen LogP contribution >= 0.6 is 40.7 Å². The average Bonchev–Trinajstić information content (AvgIpc) is 2.40. The van der Waals surface area contributed by atoms with E-state index in [9.17, 15) is 4.39 Å². The monoisotopic (exact) mass is 398 g/mol. The number of hydrogen-bond donors (Lipinski definition) is 1. The molecule has 120 valence electrons. The Labute approximate surface area is 147 Å². The highest BCUT2D eigenvalue weighted by Crippen LogP contribution is 2.31. The van der Waals surface area contributed by atoms with Crippen LogP contribution in [0.1, 0.15) is 24.9 Å². The van der Waals surface area contributed by atoms with Gasteiger partial charge in [-0.05, 0) is 31.5 Å². The topological polar surface area (TPSA) is 15.3 Å². The lowest BCUT2D eigenvalue weighted by Gasteiger charge is -2.35. The molecule has 0 bridgehead atoms. The van der Waals surface area contributed by atoms with Crippen LogP contribution in [-0.4, -0.2) is 31.1 Å². The van der Waals surface area contributed by atoms with Gasteiger partial charge < -0.3 is 5.32 Å². The number of nitrogens with one attached hydrogen (secondary N) is 1. The SMILES string of the molecule is C=C(C)C[C@@H](c1cc(Br)ccc1F)N1CCNCC1.Cl.Cl. The van der Waals surface area contributed by atoms with Gasteiger partial charge in [-0.2, -0.15) is 0 Å². The first kappa shape index (κ1) is 20.9. The van der Waals surface area contributed by atoms with Gasteiger partial charge in [0.05, 0.1) is 0 Å². The van der Waals surface area contributed by atoms with Gasteiger partial charge in [-0.1, -0.05) is 21.5 Å². The number of benzene rings is 1. The molecule has 1 heterocycles. The molecule has 1 aromatic carbocycles. The van der Waals surface area contributed by atoms with E-state index in [4.69, 9.17) is 0 Å². The molecule has 1 saturated heterocycles. The van der Waals surface area contributed by atoms with Crippen LogP contribution in [0, 0.1) is 5.82 Å². The molecule has 1 aliphatic rings. The molecular weight excluding hydrogens is 378 g/mol. The van der Waals surface area contributed by atoms with Crippen LogP contribution < -0.4 is 5.32 Å². The largest absolute Gasteiger partial charge is 0.314 e. The van der Waals surface area contributed by atoms with E-state index in [1.165, 1.54) is 6.07 Å². The third kappa shape index (κ3) is 5.87. The quantitative estimate of drug-likeness (QED) is 0.757. The maximum atomic E-state index is 14.1. The Bertz CT molecular complexity index is 465. The highest BCUT2D eigenvalue weighted by atomic mass is 79.9. The van der Waals surface area contributed by atoms with Crippen molar-refractivity contribution < 1.29 is 4.39 Å². The van der Waals surface area contributed by atoms with Crippen LogP contribution in [0.15, 0.2) is 34.8 Å². The van der Waals surface area contributed by atoms with Gasteiger partial charge in [0.15, 0.2) is 0 Å². The summed E-state index contributed by atoms with van der Waals surface area (Å²) in [7, 11) is 0. The lowest BCUT2D eigenvalue weighted by atomic mass is 9.97. The molecule has 1 fully saturated rings. The second kappa shape index (κ2) is 9.80. The van der Waals surface area contributed by atoms with E-state index < -0.39 is 0 Å². The fraction of sp³-hybridized carbons (Fsp3) is 0.467. The third-order valence-electron chi connectivity index (χ3n) is 3.45. The van der Waals surface area contributed by atoms with Crippen molar-refractivity contribution in [2.75, 3.05) is 26.2 Å². The number of nitrogens with zero attached hydrogens (tertiary/aromatic N) is 1. The molecule has 0 unspecified atom stereocenters. The summed E-state index contributed by atoms with van der Waals surface area (Å²) in [5.41, 5.74) is 1.85. The molecule has 2 nitrogen and oxygen atoms in total. The number of rotatable bonds is 4. The van der Waals surface area contributed by atoms with E-state index in [-0.39, 0.29) is 36.7 Å². The van der Waals surface area contributed by atoms with Gasteiger partial charge >= 0.3 is 0 Å². The maximum absolute atomic E-state index is 14.1. The van der Waals surface area contributed by atoms with Crippen LogP contribution in [0.25, 0.3) is 0 Å². The highest BCUT2D eigenvalue weighted by molar-refractivity contribution is 9.10. The Balaban J connectivity index is 0.00000200. The number of halogens is 4. The number of hydrogen-bond acceptors (Lipinski definition) is 2. The predicted molar refractivity (Wildman–Crippen MR) is 95.2 cm³/mol. The summed E-state index contributed by atoms with van der Waals surface area (Å²) < 4.78 is 15.1. The Hall–Kier alpha value is -0.130. The summed E-state index contributed by atoms with van der Waals surface area (Å²) in [5, 5.41) is 3.33. The lowest BCUT2D eigenvalue weighted by molar-refractivity contribution is 0.169. The zero-order valence-electron chi connectivity index (χ0n) is 12.1. The van der Waals surface area contributed by atoms with Crippen molar-refractivity contribution in [1.82, 2.24) is 10.2 Å². The summed E-state index contributed by atoms with van der Waals surface area (Å²) in [4.78, 5) is 2.34. The third-order valence-corrected chi connectivity index (χ3v) is 3.94. The van der Waals surface area contributed by atoms with E-state index in [2.05, 4.69) is 32.7 Å². The van der Waals surface area contributed by atoms with E-state index in [0.29, 0.717) is 0 Å². The summed E-state index contributed by atoms with van der Waals surface area (Å²) in [5.74, 6) is -0.131. The standard InChI is InChI=1S/C15H20BrFN2.2ClH/c1-11(2)9-15(19-7-5-18-6-8-19)13-10-12(16)3-4-14(13)17;;/h3-4,10,15,18H,1,5-9H2,2H3;2*1H/t15-;;/m0../s1. The molecule has 0 spiro atoms. The minimum Gasteiger partial charge on any atom is -0.314 e. The highest BCUT2D eigenvalue weighted by Gasteiger charge is 2.24. The molecule has 6 heteroatoms. The van der Waals surface area contributed by atoms with Crippen LogP contribution in [0.4, 0.5) is 4.39 Å². The molecule has 0 aliphatic carbocycles. The predicted octanol–water partition coefficient (Wildman–Crippen LogP) is 4.34. The van der Waals surface area contributed by atoms with Gasteiger partial charge in [-0.15, -0.1) is 31.4 Å². The normalized spacial score (nSPS) is 16.5. The summed E-state index contributed by atoms with van der Waals surface area (Å²) in [6.07, 6.45) is 0.799. The minimum atomic E-state index is -0.131. The maximum Gasteiger partial charge on any atom is 0.128 e. The summed E-state index contributed by atoms with van der Waals surface area (Å²) in [6, 6.07) is 5.25. The minimum absolute atomic E-state index is 0. The molecule has 1 aliphatic heterocycles. The van der Waals surface area contributed by atoms with Crippen LogP contribution in [-0.2, 0) is 0 Å².